The van der Waals surface area contributed by atoms with Crippen LogP contribution in [0.5, 0.6) is 0 Å². The third-order valence-corrected chi connectivity index (χ3v) is 4.04. The second-order valence-electron chi connectivity index (χ2n) is 6.11. The fraction of sp³-hybridized carbons (Fsp3) is 0.158. The molecule has 0 fully saturated rings. The summed E-state index contributed by atoms with van der Waals surface area (Å²) in [5, 5.41) is 5.52. The number of nitrogens with zero attached hydrogens (tertiary/aromatic N) is 2. The lowest BCUT2D eigenvalue weighted by molar-refractivity contribution is -0.141. The Balaban J connectivity index is 2.04. The molecule has 0 spiro atoms. The molecule has 0 aliphatic carbocycles. The summed E-state index contributed by atoms with van der Waals surface area (Å²) in [6, 6.07) is 10.3. The number of anilines is 1. The van der Waals surface area contributed by atoms with E-state index in [-0.39, 0.29) is 16.8 Å². The minimum atomic E-state index is -4.86. The number of hydrogen-bond donors (Lipinski definition) is 1. The summed E-state index contributed by atoms with van der Waals surface area (Å²) in [5.74, 6) is -1.14. The molecule has 3 aromatic rings. The first-order chi connectivity index (χ1) is 13.5. The van der Waals surface area contributed by atoms with Gasteiger partial charge in [-0.05, 0) is 17.7 Å². The fourth-order valence-corrected chi connectivity index (χ4v) is 2.85. The number of benzene rings is 2. The summed E-state index contributed by atoms with van der Waals surface area (Å²) in [4.78, 5) is 12.5. The lowest BCUT2D eigenvalue weighted by atomic mass is 9.97. The first kappa shape index (κ1) is 20.4. The van der Waals surface area contributed by atoms with Crippen molar-refractivity contribution in [1.82, 2.24) is 9.78 Å². The molecule has 1 N–H and O–H groups in total. The number of carbonyl (C=O) groups is 1. The molecule has 3 rings (SSSR count). The number of amides is 1. The number of aromatic nitrogens is 2. The van der Waals surface area contributed by atoms with E-state index in [2.05, 4.69) is 10.4 Å². The van der Waals surface area contributed by atoms with Crippen molar-refractivity contribution in [3.05, 3.63) is 71.5 Å². The maximum atomic E-state index is 13.4. The molecular formula is C19H13F6N3O. The first-order valence-corrected chi connectivity index (χ1v) is 8.16. The lowest BCUT2D eigenvalue weighted by Crippen LogP contribution is -2.18. The van der Waals surface area contributed by atoms with Crippen LogP contribution in [-0.4, -0.2) is 15.7 Å². The molecule has 0 bridgehead atoms. The van der Waals surface area contributed by atoms with Gasteiger partial charge in [-0.1, -0.05) is 36.4 Å². The van der Waals surface area contributed by atoms with Crippen LogP contribution in [0.25, 0.3) is 11.1 Å². The minimum absolute atomic E-state index is 0.0197. The molecule has 10 heteroatoms. The van der Waals surface area contributed by atoms with Gasteiger partial charge in [-0.15, -0.1) is 0 Å². The highest BCUT2D eigenvalue weighted by atomic mass is 19.4. The van der Waals surface area contributed by atoms with Gasteiger partial charge in [0.05, 0.1) is 11.1 Å². The lowest BCUT2D eigenvalue weighted by Gasteiger charge is -2.16. The van der Waals surface area contributed by atoms with Crippen LogP contribution in [-0.2, 0) is 19.4 Å². The second-order valence-corrected chi connectivity index (χ2v) is 6.11. The number of rotatable bonds is 3. The van der Waals surface area contributed by atoms with Crippen molar-refractivity contribution in [3.8, 4) is 11.1 Å². The standard InChI is InChI=1S/C19H13F6N3O/c1-28-10-13(16(27-28)19(23,24)25)17(29)26-15-9-5-3-7-12(15)11-6-2-4-8-14(11)18(20,21)22/h2-10H,1H3,(H,26,29). The molecule has 0 aliphatic rings. The van der Waals surface area contributed by atoms with Gasteiger partial charge in [0.25, 0.3) is 5.91 Å². The predicted octanol–water partition coefficient (Wildman–Crippen LogP) is 5.38. The molecule has 152 valence electrons. The Morgan fingerprint density at radius 1 is 0.897 bits per heavy atom. The van der Waals surface area contributed by atoms with Gasteiger partial charge < -0.3 is 5.32 Å². The first-order valence-electron chi connectivity index (χ1n) is 8.16. The summed E-state index contributed by atoms with van der Waals surface area (Å²) >= 11 is 0. The molecule has 2 aromatic carbocycles. The Kier molecular flexibility index (Phi) is 5.12. The van der Waals surface area contributed by atoms with Crippen molar-refractivity contribution in [2.75, 3.05) is 5.32 Å². The average Bonchev–Trinajstić information content (AvgIpc) is 3.04. The number of aryl methyl sites for hydroxylation is 1. The van der Waals surface area contributed by atoms with E-state index in [1.165, 1.54) is 49.5 Å². The van der Waals surface area contributed by atoms with Crippen molar-refractivity contribution in [1.29, 1.82) is 0 Å². The Morgan fingerprint density at radius 2 is 1.48 bits per heavy atom. The minimum Gasteiger partial charge on any atom is -0.321 e. The molecule has 0 radical (unpaired) electrons. The van der Waals surface area contributed by atoms with Crippen LogP contribution in [0.4, 0.5) is 32.0 Å². The molecule has 1 heterocycles. The van der Waals surface area contributed by atoms with Crippen LogP contribution in [0.15, 0.2) is 54.7 Å². The van der Waals surface area contributed by atoms with Crippen LogP contribution < -0.4 is 5.32 Å². The summed E-state index contributed by atoms with van der Waals surface area (Å²) in [7, 11) is 1.22. The molecular weight excluding hydrogens is 400 g/mol. The molecule has 1 aromatic heterocycles. The summed E-state index contributed by atoms with van der Waals surface area (Å²) in [5.41, 5.74) is -3.31. The van der Waals surface area contributed by atoms with Gasteiger partial charge in [0.1, 0.15) is 0 Å². The molecule has 0 saturated heterocycles. The van der Waals surface area contributed by atoms with E-state index < -0.39 is 35.1 Å². The largest absolute Gasteiger partial charge is 0.435 e. The number of halogens is 6. The van der Waals surface area contributed by atoms with E-state index in [0.717, 1.165) is 16.9 Å². The average molecular weight is 413 g/mol. The van der Waals surface area contributed by atoms with Gasteiger partial charge in [0, 0.05) is 24.5 Å². The number of para-hydroxylation sites is 1. The molecule has 1 amide bonds. The van der Waals surface area contributed by atoms with Crippen molar-refractivity contribution in [2.24, 2.45) is 7.05 Å². The van der Waals surface area contributed by atoms with Crippen molar-refractivity contribution < 1.29 is 31.1 Å². The molecule has 0 saturated carbocycles. The summed E-state index contributed by atoms with van der Waals surface area (Å²) < 4.78 is 80.2. The van der Waals surface area contributed by atoms with Gasteiger partial charge in [-0.25, -0.2) is 0 Å². The second kappa shape index (κ2) is 7.26. The third-order valence-electron chi connectivity index (χ3n) is 4.04. The normalized spacial score (nSPS) is 12.1. The van der Waals surface area contributed by atoms with Crippen LogP contribution in [0.2, 0.25) is 0 Å². The van der Waals surface area contributed by atoms with Gasteiger partial charge in [-0.3, -0.25) is 9.48 Å². The number of alkyl halides is 6. The SMILES string of the molecule is Cn1cc(C(=O)Nc2ccccc2-c2ccccc2C(F)(F)F)c(C(F)(F)F)n1. The topological polar surface area (TPSA) is 46.9 Å². The van der Waals surface area contributed by atoms with Gasteiger partial charge in [0.15, 0.2) is 5.69 Å². The number of carbonyl (C=O) groups excluding carboxylic acids is 1. The summed E-state index contributed by atoms with van der Waals surface area (Å²) in [6.45, 7) is 0. The highest BCUT2D eigenvalue weighted by Crippen LogP contribution is 2.39. The number of hydrogen-bond acceptors (Lipinski definition) is 2. The third kappa shape index (κ3) is 4.25. The van der Waals surface area contributed by atoms with Gasteiger partial charge >= 0.3 is 12.4 Å². The van der Waals surface area contributed by atoms with Gasteiger partial charge in [-0.2, -0.15) is 31.4 Å². The zero-order valence-electron chi connectivity index (χ0n) is 14.8. The van der Waals surface area contributed by atoms with E-state index in [0.29, 0.717) is 0 Å². The zero-order valence-corrected chi connectivity index (χ0v) is 14.8. The van der Waals surface area contributed by atoms with E-state index in [4.69, 9.17) is 0 Å². The highest BCUT2D eigenvalue weighted by molar-refractivity contribution is 6.07. The molecule has 0 aliphatic heterocycles. The monoisotopic (exact) mass is 413 g/mol. The van der Waals surface area contributed by atoms with Crippen LogP contribution in [0, 0.1) is 0 Å². The molecule has 0 unspecified atom stereocenters. The van der Waals surface area contributed by atoms with Gasteiger partial charge in [0.2, 0.25) is 0 Å². The van der Waals surface area contributed by atoms with Crippen LogP contribution in [0.1, 0.15) is 21.6 Å². The fourth-order valence-electron chi connectivity index (χ4n) is 2.85. The Hall–Kier alpha value is -3.30. The van der Waals surface area contributed by atoms with Crippen LogP contribution >= 0.6 is 0 Å². The van der Waals surface area contributed by atoms with E-state index in [1.54, 1.807) is 0 Å². The quantitative estimate of drug-likeness (QED) is 0.587. The molecule has 29 heavy (non-hydrogen) atoms. The van der Waals surface area contributed by atoms with Crippen LogP contribution in [0.3, 0.4) is 0 Å². The van der Waals surface area contributed by atoms with E-state index in [9.17, 15) is 31.1 Å². The highest BCUT2D eigenvalue weighted by Gasteiger charge is 2.39. The predicted molar refractivity (Wildman–Crippen MR) is 93.0 cm³/mol. The van der Waals surface area contributed by atoms with Crippen molar-refractivity contribution >= 4 is 11.6 Å². The Bertz CT molecular complexity index is 1050. The Labute approximate surface area is 160 Å². The smallest absolute Gasteiger partial charge is 0.321 e. The molecule has 0 atom stereocenters. The van der Waals surface area contributed by atoms with Crippen molar-refractivity contribution in [3.63, 3.8) is 0 Å². The number of nitrogens with one attached hydrogen (secondary N) is 1. The zero-order chi connectivity index (χ0) is 21.4. The van der Waals surface area contributed by atoms with Crippen molar-refractivity contribution in [2.45, 2.75) is 12.4 Å². The summed E-state index contributed by atoms with van der Waals surface area (Å²) in [6.07, 6.45) is -8.62. The van der Waals surface area contributed by atoms with E-state index >= 15 is 0 Å². The van der Waals surface area contributed by atoms with E-state index in [1.807, 2.05) is 0 Å². The Morgan fingerprint density at radius 3 is 2.10 bits per heavy atom. The maximum Gasteiger partial charge on any atom is 0.435 e. The maximum absolute atomic E-state index is 13.4. The molecule has 4 nitrogen and oxygen atoms in total.